The fourth-order valence-corrected chi connectivity index (χ4v) is 4.56. The first-order valence-corrected chi connectivity index (χ1v) is 12.2. The van der Waals surface area contributed by atoms with Crippen molar-refractivity contribution in [3.63, 3.8) is 0 Å². The van der Waals surface area contributed by atoms with Crippen LogP contribution in [-0.2, 0) is 5.41 Å². The largest absolute Gasteiger partial charge is 0.398 e. The van der Waals surface area contributed by atoms with Crippen molar-refractivity contribution in [1.29, 1.82) is 0 Å². The van der Waals surface area contributed by atoms with Crippen molar-refractivity contribution in [3.05, 3.63) is 127 Å². The third kappa shape index (κ3) is 4.76. The van der Waals surface area contributed by atoms with Crippen LogP contribution in [0.4, 0.5) is 5.69 Å². The molecule has 0 aliphatic rings. The van der Waals surface area contributed by atoms with E-state index >= 15 is 0 Å². The predicted octanol–water partition coefficient (Wildman–Crippen LogP) is 9.23. The van der Waals surface area contributed by atoms with E-state index in [1.807, 2.05) is 12.1 Å². The zero-order valence-electron chi connectivity index (χ0n) is 20.6. The molecule has 0 amide bonds. The van der Waals surface area contributed by atoms with Crippen LogP contribution in [0.5, 0.6) is 0 Å². The molecule has 0 spiro atoms. The fourth-order valence-electron chi connectivity index (χ4n) is 4.56. The summed E-state index contributed by atoms with van der Waals surface area (Å²) in [4.78, 5) is 0. The van der Waals surface area contributed by atoms with Gasteiger partial charge in [0.25, 0.3) is 0 Å². The van der Waals surface area contributed by atoms with E-state index in [0.717, 1.165) is 27.9 Å². The van der Waals surface area contributed by atoms with Gasteiger partial charge in [0.1, 0.15) is 0 Å². The van der Waals surface area contributed by atoms with Gasteiger partial charge < -0.3 is 5.73 Å². The fraction of sp³-hybridized carbons (Fsp3) is 0.118. The van der Waals surface area contributed by atoms with Crippen LogP contribution in [-0.4, -0.2) is 0 Å². The van der Waals surface area contributed by atoms with Crippen molar-refractivity contribution in [2.75, 3.05) is 5.73 Å². The van der Waals surface area contributed by atoms with Gasteiger partial charge in [0.05, 0.1) is 0 Å². The first kappa shape index (κ1) is 22.7. The average Bonchev–Trinajstić information content (AvgIpc) is 2.89. The van der Waals surface area contributed by atoms with Gasteiger partial charge >= 0.3 is 0 Å². The second kappa shape index (κ2) is 9.27. The molecule has 2 N–H and O–H groups in total. The Hall–Kier alpha value is -4.10. The zero-order valence-corrected chi connectivity index (χ0v) is 20.6. The molecule has 0 fully saturated rings. The summed E-state index contributed by atoms with van der Waals surface area (Å²) in [6.45, 7) is 6.77. The third-order valence-corrected chi connectivity index (χ3v) is 6.61. The minimum Gasteiger partial charge on any atom is -0.398 e. The van der Waals surface area contributed by atoms with Gasteiger partial charge in [-0.3, -0.25) is 0 Å². The molecule has 0 aliphatic carbocycles. The Morgan fingerprint density at radius 3 is 1.20 bits per heavy atom. The molecule has 1 heteroatoms. The molecule has 0 aromatic heterocycles. The molecule has 0 unspecified atom stereocenters. The van der Waals surface area contributed by atoms with Crippen LogP contribution in [0, 0.1) is 0 Å². The molecule has 0 saturated carbocycles. The van der Waals surface area contributed by atoms with Crippen LogP contribution in [0.2, 0.25) is 0 Å². The SMILES string of the molecule is CC(C)(C)c1cc(-c2cccc(-c3ccccc3)c2)c(N)c(-c2cccc(-c3ccccc3)c2)c1. The van der Waals surface area contributed by atoms with Crippen LogP contribution in [0.3, 0.4) is 0 Å². The molecule has 5 aromatic carbocycles. The first-order valence-electron chi connectivity index (χ1n) is 12.2. The summed E-state index contributed by atoms with van der Waals surface area (Å²) >= 11 is 0. The Balaban J connectivity index is 1.68. The van der Waals surface area contributed by atoms with E-state index in [-0.39, 0.29) is 5.41 Å². The van der Waals surface area contributed by atoms with Crippen LogP contribution in [0.25, 0.3) is 44.5 Å². The molecule has 0 saturated heterocycles. The third-order valence-electron chi connectivity index (χ3n) is 6.61. The molecule has 172 valence electrons. The average molecular weight is 454 g/mol. The quantitative estimate of drug-likeness (QED) is 0.270. The zero-order chi connectivity index (χ0) is 24.4. The maximum absolute atomic E-state index is 6.94. The molecule has 0 atom stereocenters. The standard InChI is InChI=1S/C34H31N/c1-34(2,3)30-22-31(28-18-10-16-26(20-28)24-12-6-4-7-13-24)33(35)32(23-30)29-19-11-17-27(21-29)25-14-8-5-9-15-25/h4-23H,35H2,1-3H3. The van der Waals surface area contributed by atoms with Gasteiger partial charge in [0, 0.05) is 16.8 Å². The van der Waals surface area contributed by atoms with Crippen molar-refractivity contribution in [2.24, 2.45) is 0 Å². The number of hydrogen-bond acceptors (Lipinski definition) is 1. The number of rotatable bonds is 4. The summed E-state index contributed by atoms with van der Waals surface area (Å²) in [5, 5.41) is 0. The summed E-state index contributed by atoms with van der Waals surface area (Å²) in [5.74, 6) is 0. The molecule has 5 aromatic rings. The van der Waals surface area contributed by atoms with Gasteiger partial charge in [-0.25, -0.2) is 0 Å². The lowest BCUT2D eigenvalue weighted by Gasteiger charge is -2.24. The topological polar surface area (TPSA) is 26.0 Å². The summed E-state index contributed by atoms with van der Waals surface area (Å²) in [6, 6.07) is 42.9. The van der Waals surface area contributed by atoms with E-state index in [4.69, 9.17) is 5.73 Å². The molecule has 0 heterocycles. The van der Waals surface area contributed by atoms with E-state index in [1.165, 1.54) is 27.8 Å². The Morgan fingerprint density at radius 1 is 0.429 bits per heavy atom. The van der Waals surface area contributed by atoms with Crippen LogP contribution < -0.4 is 5.73 Å². The molecular formula is C34H31N. The molecule has 5 rings (SSSR count). The Labute approximate surface area is 208 Å². The normalized spacial score (nSPS) is 11.4. The smallest absolute Gasteiger partial charge is 0.0473 e. The minimum atomic E-state index is -0.00865. The van der Waals surface area contributed by atoms with Crippen molar-refractivity contribution in [3.8, 4) is 44.5 Å². The number of nitrogen functional groups attached to an aromatic ring is 1. The van der Waals surface area contributed by atoms with Gasteiger partial charge in [0.15, 0.2) is 0 Å². The van der Waals surface area contributed by atoms with Gasteiger partial charge in [-0.2, -0.15) is 0 Å². The lowest BCUT2D eigenvalue weighted by atomic mass is 9.82. The van der Waals surface area contributed by atoms with Crippen molar-refractivity contribution < 1.29 is 0 Å². The van der Waals surface area contributed by atoms with E-state index < -0.39 is 0 Å². The van der Waals surface area contributed by atoms with Crippen molar-refractivity contribution in [1.82, 2.24) is 0 Å². The van der Waals surface area contributed by atoms with E-state index in [1.54, 1.807) is 0 Å². The van der Waals surface area contributed by atoms with E-state index in [0.29, 0.717) is 0 Å². The van der Waals surface area contributed by atoms with Crippen molar-refractivity contribution in [2.45, 2.75) is 26.2 Å². The van der Waals surface area contributed by atoms with Crippen LogP contribution >= 0.6 is 0 Å². The highest BCUT2D eigenvalue weighted by molar-refractivity contribution is 5.91. The van der Waals surface area contributed by atoms with Gasteiger partial charge in [-0.05, 0) is 68.6 Å². The monoisotopic (exact) mass is 453 g/mol. The van der Waals surface area contributed by atoms with E-state index in [9.17, 15) is 0 Å². The number of nitrogens with two attached hydrogens (primary N) is 1. The molecule has 0 aliphatic heterocycles. The summed E-state index contributed by atoms with van der Waals surface area (Å²) in [5.41, 5.74) is 18.2. The summed E-state index contributed by atoms with van der Waals surface area (Å²) in [7, 11) is 0. The Bertz CT molecular complexity index is 1350. The molecule has 0 bridgehead atoms. The van der Waals surface area contributed by atoms with Crippen molar-refractivity contribution >= 4 is 5.69 Å². The lowest BCUT2D eigenvalue weighted by molar-refractivity contribution is 0.591. The van der Waals surface area contributed by atoms with Gasteiger partial charge in [0.2, 0.25) is 0 Å². The van der Waals surface area contributed by atoms with E-state index in [2.05, 4.69) is 130 Å². The minimum absolute atomic E-state index is 0.00865. The highest BCUT2D eigenvalue weighted by Gasteiger charge is 2.20. The first-order chi connectivity index (χ1) is 16.9. The highest BCUT2D eigenvalue weighted by atomic mass is 14.6. The summed E-state index contributed by atoms with van der Waals surface area (Å²) in [6.07, 6.45) is 0. The molecule has 35 heavy (non-hydrogen) atoms. The van der Waals surface area contributed by atoms with Gasteiger partial charge in [-0.1, -0.05) is 118 Å². The second-order valence-electron chi connectivity index (χ2n) is 10.1. The molecule has 1 nitrogen and oxygen atoms in total. The maximum Gasteiger partial charge on any atom is 0.0473 e. The number of hydrogen-bond donors (Lipinski definition) is 1. The second-order valence-corrected chi connectivity index (χ2v) is 10.1. The molecular weight excluding hydrogens is 422 g/mol. The van der Waals surface area contributed by atoms with Crippen LogP contribution in [0.15, 0.2) is 121 Å². The molecule has 0 radical (unpaired) electrons. The predicted molar refractivity (Wildman–Crippen MR) is 151 cm³/mol. The van der Waals surface area contributed by atoms with Gasteiger partial charge in [-0.15, -0.1) is 0 Å². The van der Waals surface area contributed by atoms with Crippen LogP contribution in [0.1, 0.15) is 26.3 Å². The summed E-state index contributed by atoms with van der Waals surface area (Å²) < 4.78 is 0. The number of anilines is 1. The number of benzene rings is 5. The Kier molecular flexibility index (Phi) is 6.01. The maximum atomic E-state index is 6.94. The Morgan fingerprint density at radius 2 is 0.800 bits per heavy atom. The highest BCUT2D eigenvalue weighted by Crippen LogP contribution is 2.41. The lowest BCUT2D eigenvalue weighted by Crippen LogP contribution is -2.12.